The van der Waals surface area contributed by atoms with Gasteiger partial charge in [-0.05, 0) is 34.1 Å². The highest BCUT2D eigenvalue weighted by atomic mass is 79.9. The first kappa shape index (κ1) is 15.4. The predicted octanol–water partition coefficient (Wildman–Crippen LogP) is 1.30. The number of halogens is 2. The second-order valence-corrected chi connectivity index (χ2v) is 7.73. The Hall–Kier alpha value is -0.990. The molecule has 1 heterocycles. The SMILES string of the molecule is O=C(CC1CS(=O)(=O)CCN1)Nc1ccc(F)c(Br)c1. The van der Waals surface area contributed by atoms with E-state index < -0.39 is 15.7 Å². The van der Waals surface area contributed by atoms with E-state index in [0.717, 1.165) is 0 Å². The van der Waals surface area contributed by atoms with Gasteiger partial charge in [0.25, 0.3) is 0 Å². The Kier molecular flexibility index (Phi) is 4.77. The maximum Gasteiger partial charge on any atom is 0.225 e. The molecule has 2 N–H and O–H groups in total. The molecule has 2 rings (SSSR count). The van der Waals surface area contributed by atoms with E-state index in [1.165, 1.54) is 18.2 Å². The molecule has 110 valence electrons. The van der Waals surface area contributed by atoms with Crippen molar-refractivity contribution in [3.8, 4) is 0 Å². The lowest BCUT2D eigenvalue weighted by atomic mass is 10.2. The largest absolute Gasteiger partial charge is 0.326 e. The number of hydrogen-bond donors (Lipinski definition) is 2. The van der Waals surface area contributed by atoms with Gasteiger partial charge in [-0.2, -0.15) is 0 Å². The Labute approximate surface area is 125 Å². The molecule has 1 aromatic carbocycles. The predicted molar refractivity (Wildman–Crippen MR) is 77.8 cm³/mol. The summed E-state index contributed by atoms with van der Waals surface area (Å²) in [6.07, 6.45) is 0.0637. The Morgan fingerprint density at radius 3 is 2.90 bits per heavy atom. The van der Waals surface area contributed by atoms with E-state index in [-0.39, 0.29) is 34.3 Å². The fourth-order valence-electron chi connectivity index (χ4n) is 2.01. The second kappa shape index (κ2) is 6.19. The van der Waals surface area contributed by atoms with Crippen LogP contribution in [0.25, 0.3) is 0 Å². The number of amides is 1. The Bertz CT molecular complexity index is 621. The van der Waals surface area contributed by atoms with Gasteiger partial charge in [0, 0.05) is 24.7 Å². The van der Waals surface area contributed by atoms with Gasteiger partial charge in [-0.1, -0.05) is 0 Å². The van der Waals surface area contributed by atoms with Gasteiger partial charge in [0.1, 0.15) is 5.82 Å². The fourth-order valence-corrected chi connectivity index (χ4v) is 3.83. The summed E-state index contributed by atoms with van der Waals surface area (Å²) < 4.78 is 36.2. The molecule has 0 spiro atoms. The molecule has 0 bridgehead atoms. The smallest absolute Gasteiger partial charge is 0.225 e. The zero-order chi connectivity index (χ0) is 14.8. The van der Waals surface area contributed by atoms with Gasteiger partial charge in [-0.15, -0.1) is 0 Å². The number of benzene rings is 1. The molecule has 1 atom stereocenters. The van der Waals surface area contributed by atoms with Gasteiger partial charge < -0.3 is 10.6 Å². The molecule has 8 heteroatoms. The molecule has 1 unspecified atom stereocenters. The minimum atomic E-state index is -3.06. The van der Waals surface area contributed by atoms with Crippen LogP contribution in [0, 0.1) is 5.82 Å². The molecule has 5 nitrogen and oxygen atoms in total. The van der Waals surface area contributed by atoms with Crippen LogP contribution in [0.15, 0.2) is 22.7 Å². The van der Waals surface area contributed by atoms with Crippen LogP contribution in [0.4, 0.5) is 10.1 Å². The van der Waals surface area contributed by atoms with Crippen molar-refractivity contribution in [2.45, 2.75) is 12.5 Å². The molecule has 0 aromatic heterocycles. The van der Waals surface area contributed by atoms with Gasteiger partial charge in [-0.3, -0.25) is 4.79 Å². The molecule has 1 amide bonds. The highest BCUT2D eigenvalue weighted by molar-refractivity contribution is 9.10. The molecule has 0 aliphatic carbocycles. The van der Waals surface area contributed by atoms with Crippen LogP contribution >= 0.6 is 15.9 Å². The van der Waals surface area contributed by atoms with E-state index in [4.69, 9.17) is 0 Å². The van der Waals surface area contributed by atoms with Gasteiger partial charge in [0.2, 0.25) is 5.91 Å². The summed E-state index contributed by atoms with van der Waals surface area (Å²) in [6, 6.07) is 3.77. The van der Waals surface area contributed by atoms with E-state index in [1.54, 1.807) is 0 Å². The normalized spacial score (nSPS) is 21.4. The first-order valence-corrected chi connectivity index (χ1v) is 8.66. The van der Waals surface area contributed by atoms with Crippen LogP contribution in [-0.4, -0.2) is 38.4 Å². The highest BCUT2D eigenvalue weighted by Gasteiger charge is 2.25. The van der Waals surface area contributed by atoms with Crippen molar-refractivity contribution in [3.63, 3.8) is 0 Å². The zero-order valence-corrected chi connectivity index (χ0v) is 12.9. The third-order valence-electron chi connectivity index (χ3n) is 2.94. The summed E-state index contributed by atoms with van der Waals surface area (Å²) in [6.45, 7) is 0.363. The number of carbonyl (C=O) groups excluding carboxylic acids is 1. The first-order valence-electron chi connectivity index (χ1n) is 6.04. The summed E-state index contributed by atoms with van der Waals surface area (Å²) in [5, 5.41) is 5.62. The van der Waals surface area contributed by atoms with Crippen LogP contribution in [0.1, 0.15) is 6.42 Å². The monoisotopic (exact) mass is 364 g/mol. The van der Waals surface area contributed by atoms with Gasteiger partial charge in [0.05, 0.1) is 16.0 Å². The van der Waals surface area contributed by atoms with Gasteiger partial charge >= 0.3 is 0 Å². The number of anilines is 1. The quantitative estimate of drug-likeness (QED) is 0.847. The van der Waals surface area contributed by atoms with Crippen LogP contribution in [0.3, 0.4) is 0 Å². The minimum absolute atomic E-state index is 0.0342. The van der Waals surface area contributed by atoms with Crippen molar-refractivity contribution in [2.75, 3.05) is 23.4 Å². The number of hydrogen-bond acceptors (Lipinski definition) is 4. The molecule has 1 saturated heterocycles. The van der Waals surface area contributed by atoms with Crippen molar-refractivity contribution in [1.29, 1.82) is 0 Å². The standard InChI is InChI=1S/C12H14BrFN2O3S/c13-10-5-8(1-2-11(10)14)16-12(17)6-9-7-20(18,19)4-3-15-9/h1-2,5,9,15H,3-4,6-7H2,(H,16,17). The lowest BCUT2D eigenvalue weighted by Crippen LogP contribution is -2.46. The van der Waals surface area contributed by atoms with E-state index in [2.05, 4.69) is 26.6 Å². The maximum absolute atomic E-state index is 13.1. The molecule has 1 aliphatic heterocycles. The second-order valence-electron chi connectivity index (χ2n) is 4.65. The molecular formula is C12H14BrFN2O3S. The average Bonchev–Trinajstić information content (AvgIpc) is 2.32. The van der Waals surface area contributed by atoms with Crippen LogP contribution in [0.5, 0.6) is 0 Å². The molecule has 1 aromatic rings. The number of nitrogens with one attached hydrogen (secondary N) is 2. The van der Waals surface area contributed by atoms with Crippen LogP contribution in [0.2, 0.25) is 0 Å². The Morgan fingerprint density at radius 1 is 1.50 bits per heavy atom. The van der Waals surface area contributed by atoms with Crippen molar-refractivity contribution in [1.82, 2.24) is 5.32 Å². The Balaban J connectivity index is 1.93. The van der Waals surface area contributed by atoms with Crippen molar-refractivity contribution in [2.24, 2.45) is 0 Å². The van der Waals surface area contributed by atoms with Crippen molar-refractivity contribution in [3.05, 3.63) is 28.5 Å². The summed E-state index contributed by atoms with van der Waals surface area (Å²) in [7, 11) is -3.06. The lowest BCUT2D eigenvalue weighted by molar-refractivity contribution is -0.116. The summed E-state index contributed by atoms with van der Waals surface area (Å²) >= 11 is 3.03. The third kappa shape index (κ3) is 4.26. The van der Waals surface area contributed by atoms with Gasteiger partial charge in [0.15, 0.2) is 9.84 Å². The molecule has 1 aliphatic rings. The Morgan fingerprint density at radius 2 is 2.25 bits per heavy atom. The summed E-state index contributed by atoms with van der Waals surface area (Å²) in [5.41, 5.74) is 0.460. The highest BCUT2D eigenvalue weighted by Crippen LogP contribution is 2.20. The third-order valence-corrected chi connectivity index (χ3v) is 5.28. The number of carbonyl (C=O) groups is 1. The fraction of sp³-hybridized carbons (Fsp3) is 0.417. The number of rotatable bonds is 3. The van der Waals surface area contributed by atoms with E-state index in [9.17, 15) is 17.6 Å². The van der Waals surface area contributed by atoms with E-state index >= 15 is 0 Å². The molecule has 0 saturated carbocycles. The van der Waals surface area contributed by atoms with Crippen molar-refractivity contribution < 1.29 is 17.6 Å². The van der Waals surface area contributed by atoms with Crippen LogP contribution in [-0.2, 0) is 14.6 Å². The molecular weight excluding hydrogens is 351 g/mol. The first-order chi connectivity index (χ1) is 9.35. The van der Waals surface area contributed by atoms with E-state index in [0.29, 0.717) is 12.2 Å². The van der Waals surface area contributed by atoms with E-state index in [1.807, 2.05) is 0 Å². The molecule has 20 heavy (non-hydrogen) atoms. The molecule has 1 fully saturated rings. The zero-order valence-electron chi connectivity index (χ0n) is 10.5. The minimum Gasteiger partial charge on any atom is -0.326 e. The average molecular weight is 365 g/mol. The maximum atomic E-state index is 13.1. The summed E-state index contributed by atoms with van der Waals surface area (Å²) in [5.74, 6) is -0.648. The molecule has 0 radical (unpaired) electrons. The number of sulfone groups is 1. The van der Waals surface area contributed by atoms with Crippen LogP contribution < -0.4 is 10.6 Å². The van der Waals surface area contributed by atoms with Crippen molar-refractivity contribution >= 4 is 37.4 Å². The topological polar surface area (TPSA) is 75.3 Å². The lowest BCUT2D eigenvalue weighted by Gasteiger charge is -2.23. The van der Waals surface area contributed by atoms with Gasteiger partial charge in [-0.25, -0.2) is 12.8 Å². The summed E-state index contributed by atoms with van der Waals surface area (Å²) in [4.78, 5) is 11.8.